The van der Waals surface area contributed by atoms with Crippen LogP contribution in [0, 0.1) is 5.92 Å². The molecular weight excluding hydrogens is 246 g/mol. The summed E-state index contributed by atoms with van der Waals surface area (Å²) in [4.78, 5) is 15.4. The van der Waals surface area contributed by atoms with Gasteiger partial charge in [-0.1, -0.05) is 13.8 Å². The Morgan fingerprint density at radius 2 is 2.32 bits per heavy atom. The molecule has 0 unspecified atom stereocenters. The van der Waals surface area contributed by atoms with Crippen LogP contribution < -0.4 is 11.0 Å². The molecule has 19 heavy (non-hydrogen) atoms. The molecule has 0 amide bonds. The van der Waals surface area contributed by atoms with Crippen LogP contribution in [0.2, 0.25) is 0 Å². The van der Waals surface area contributed by atoms with Crippen molar-refractivity contribution < 1.29 is 4.74 Å². The van der Waals surface area contributed by atoms with E-state index in [4.69, 9.17) is 4.74 Å². The number of hydrogen-bond donors (Lipinski definition) is 2. The smallest absolute Gasteiger partial charge is 0.348 e. The molecule has 104 valence electrons. The number of aromatic nitrogens is 4. The summed E-state index contributed by atoms with van der Waals surface area (Å²) in [5.74, 6) is 1.34. The van der Waals surface area contributed by atoms with Gasteiger partial charge in [0.25, 0.3) is 0 Å². The molecule has 2 rings (SSSR count). The molecular formula is C12H19N5O2. The van der Waals surface area contributed by atoms with Crippen LogP contribution in [-0.2, 0) is 4.74 Å². The number of hydrogen-bond acceptors (Lipinski definition) is 5. The second kappa shape index (κ2) is 6.33. The molecule has 0 fully saturated rings. The number of nitrogens with zero attached hydrogens (tertiary/aromatic N) is 3. The number of rotatable bonds is 7. The van der Waals surface area contributed by atoms with Gasteiger partial charge in [-0.3, -0.25) is 0 Å². The zero-order valence-electron chi connectivity index (χ0n) is 11.2. The predicted molar refractivity (Wildman–Crippen MR) is 72.4 cm³/mol. The summed E-state index contributed by atoms with van der Waals surface area (Å²) in [6.07, 6.45) is 2.52. The highest BCUT2D eigenvalue weighted by atomic mass is 16.5. The molecule has 0 aromatic carbocycles. The maximum absolute atomic E-state index is 11.2. The third-order valence-corrected chi connectivity index (χ3v) is 2.70. The lowest BCUT2D eigenvalue weighted by molar-refractivity contribution is 0.132. The lowest BCUT2D eigenvalue weighted by Gasteiger charge is -2.07. The average Bonchev–Trinajstić information content (AvgIpc) is 2.75. The number of anilines is 1. The summed E-state index contributed by atoms with van der Waals surface area (Å²) >= 11 is 0. The maximum Gasteiger partial charge on any atom is 0.348 e. The van der Waals surface area contributed by atoms with E-state index in [2.05, 4.69) is 34.3 Å². The van der Waals surface area contributed by atoms with Crippen LogP contribution in [0.5, 0.6) is 0 Å². The minimum absolute atomic E-state index is 0.286. The van der Waals surface area contributed by atoms with E-state index in [9.17, 15) is 4.79 Å². The van der Waals surface area contributed by atoms with Gasteiger partial charge in [-0.15, -0.1) is 0 Å². The Hall–Kier alpha value is -1.89. The van der Waals surface area contributed by atoms with Crippen molar-refractivity contribution in [1.82, 2.24) is 19.6 Å². The van der Waals surface area contributed by atoms with Crippen molar-refractivity contribution in [3.05, 3.63) is 22.9 Å². The molecule has 0 atom stereocenters. The molecule has 2 aromatic rings. The standard InChI is InChI=1S/C12H19N5O2/c1-9(2)3-5-19-6-4-13-10-7-11-15-16-12(18)17(11)8-14-10/h7-9,13H,3-6H2,1-2H3,(H,16,18). The second-order valence-electron chi connectivity index (χ2n) is 4.75. The Labute approximate surface area is 111 Å². The van der Waals surface area contributed by atoms with E-state index in [-0.39, 0.29) is 5.69 Å². The normalized spacial score (nSPS) is 11.3. The van der Waals surface area contributed by atoms with E-state index in [0.717, 1.165) is 13.0 Å². The highest BCUT2D eigenvalue weighted by molar-refractivity contribution is 5.48. The Bertz CT molecular complexity index is 575. The topological polar surface area (TPSA) is 84.3 Å². The van der Waals surface area contributed by atoms with Gasteiger partial charge in [-0.25, -0.2) is 19.3 Å². The molecule has 7 heteroatoms. The first-order chi connectivity index (χ1) is 9.16. The minimum Gasteiger partial charge on any atom is -0.380 e. The predicted octanol–water partition coefficient (Wildman–Crippen LogP) is 0.892. The molecule has 0 bridgehead atoms. The maximum atomic E-state index is 11.2. The van der Waals surface area contributed by atoms with Gasteiger partial charge in [-0.2, -0.15) is 5.10 Å². The molecule has 2 heterocycles. The number of fused-ring (bicyclic) bond motifs is 1. The van der Waals surface area contributed by atoms with Gasteiger partial charge < -0.3 is 10.1 Å². The van der Waals surface area contributed by atoms with Crippen molar-refractivity contribution in [3.8, 4) is 0 Å². The van der Waals surface area contributed by atoms with Crippen LogP contribution in [0.1, 0.15) is 20.3 Å². The third kappa shape index (κ3) is 3.78. The second-order valence-corrected chi connectivity index (χ2v) is 4.75. The van der Waals surface area contributed by atoms with E-state index in [1.807, 2.05) is 0 Å². The first kappa shape index (κ1) is 13.5. The average molecular weight is 265 g/mol. The fourth-order valence-corrected chi connectivity index (χ4v) is 1.58. The summed E-state index contributed by atoms with van der Waals surface area (Å²) < 4.78 is 6.84. The Morgan fingerprint density at radius 1 is 1.47 bits per heavy atom. The van der Waals surface area contributed by atoms with Crippen LogP contribution in [0.3, 0.4) is 0 Å². The molecule has 0 radical (unpaired) electrons. The lowest BCUT2D eigenvalue weighted by Crippen LogP contribution is -2.13. The van der Waals surface area contributed by atoms with E-state index < -0.39 is 0 Å². The summed E-state index contributed by atoms with van der Waals surface area (Å²) in [7, 11) is 0. The Balaban J connectivity index is 1.77. The van der Waals surface area contributed by atoms with Crippen molar-refractivity contribution in [2.45, 2.75) is 20.3 Å². The third-order valence-electron chi connectivity index (χ3n) is 2.70. The van der Waals surface area contributed by atoms with Crippen molar-refractivity contribution in [2.24, 2.45) is 5.92 Å². The van der Waals surface area contributed by atoms with Gasteiger partial charge in [-0.05, 0) is 12.3 Å². The van der Waals surface area contributed by atoms with Gasteiger partial charge in [0.2, 0.25) is 0 Å². The van der Waals surface area contributed by atoms with Crippen LogP contribution >= 0.6 is 0 Å². The molecule has 0 aliphatic carbocycles. The fourth-order valence-electron chi connectivity index (χ4n) is 1.58. The van der Waals surface area contributed by atoms with Crippen molar-refractivity contribution in [1.29, 1.82) is 0 Å². The number of nitrogens with one attached hydrogen (secondary N) is 2. The van der Waals surface area contributed by atoms with Crippen LogP contribution in [0.4, 0.5) is 5.82 Å². The summed E-state index contributed by atoms with van der Waals surface area (Å²) in [5, 5.41) is 9.36. The van der Waals surface area contributed by atoms with E-state index in [1.165, 1.54) is 10.7 Å². The van der Waals surface area contributed by atoms with Crippen LogP contribution in [0.25, 0.3) is 5.65 Å². The summed E-state index contributed by atoms with van der Waals surface area (Å²) in [6.45, 7) is 6.43. The summed E-state index contributed by atoms with van der Waals surface area (Å²) in [5.41, 5.74) is 0.259. The largest absolute Gasteiger partial charge is 0.380 e. The SMILES string of the molecule is CC(C)CCOCCNc1cc2n[nH]c(=O)n2cn1. The Kier molecular flexibility index (Phi) is 4.51. The number of H-pyrrole nitrogens is 1. The molecule has 0 aliphatic heterocycles. The number of aromatic amines is 1. The van der Waals surface area contributed by atoms with Crippen molar-refractivity contribution >= 4 is 11.5 Å². The van der Waals surface area contributed by atoms with Crippen LogP contribution in [0.15, 0.2) is 17.2 Å². The highest BCUT2D eigenvalue weighted by Gasteiger charge is 2.01. The van der Waals surface area contributed by atoms with Gasteiger partial charge in [0.05, 0.1) is 6.61 Å². The monoisotopic (exact) mass is 265 g/mol. The van der Waals surface area contributed by atoms with E-state index in [1.54, 1.807) is 6.07 Å². The Morgan fingerprint density at radius 3 is 3.11 bits per heavy atom. The minimum atomic E-state index is -0.286. The molecule has 0 saturated heterocycles. The quantitative estimate of drug-likeness (QED) is 0.726. The molecule has 0 saturated carbocycles. The first-order valence-corrected chi connectivity index (χ1v) is 6.41. The van der Waals surface area contributed by atoms with E-state index in [0.29, 0.717) is 30.5 Å². The van der Waals surface area contributed by atoms with Gasteiger partial charge in [0.1, 0.15) is 12.1 Å². The van der Waals surface area contributed by atoms with Crippen molar-refractivity contribution in [3.63, 3.8) is 0 Å². The van der Waals surface area contributed by atoms with E-state index >= 15 is 0 Å². The fraction of sp³-hybridized carbons (Fsp3) is 0.583. The van der Waals surface area contributed by atoms with Gasteiger partial charge in [0.15, 0.2) is 5.65 Å². The zero-order chi connectivity index (χ0) is 13.7. The zero-order valence-corrected chi connectivity index (χ0v) is 11.2. The van der Waals surface area contributed by atoms with Crippen molar-refractivity contribution in [2.75, 3.05) is 25.1 Å². The molecule has 2 aromatic heterocycles. The lowest BCUT2D eigenvalue weighted by atomic mass is 10.1. The van der Waals surface area contributed by atoms with Gasteiger partial charge in [0, 0.05) is 19.2 Å². The summed E-state index contributed by atoms with van der Waals surface area (Å²) in [6, 6.07) is 1.71. The molecule has 2 N–H and O–H groups in total. The molecule has 7 nitrogen and oxygen atoms in total. The first-order valence-electron chi connectivity index (χ1n) is 6.41. The van der Waals surface area contributed by atoms with Gasteiger partial charge >= 0.3 is 5.69 Å². The highest BCUT2D eigenvalue weighted by Crippen LogP contribution is 2.03. The number of ether oxygens (including phenoxy) is 1. The molecule has 0 aliphatic rings. The molecule has 0 spiro atoms. The van der Waals surface area contributed by atoms with Crippen LogP contribution in [-0.4, -0.2) is 39.3 Å².